The van der Waals surface area contributed by atoms with Crippen molar-refractivity contribution in [3.05, 3.63) is 58.4 Å². The lowest BCUT2D eigenvalue weighted by Gasteiger charge is -2.04. The molecule has 0 aliphatic heterocycles. The highest BCUT2D eigenvalue weighted by Crippen LogP contribution is 2.09. The SMILES string of the molecule is COC(=O)c1ccc(CNCc2ccc(Cl)cc2)[nH]1. The lowest BCUT2D eigenvalue weighted by atomic mass is 10.2. The number of carbonyl (C=O) groups excluding carboxylic acids is 1. The van der Waals surface area contributed by atoms with Gasteiger partial charge in [-0.25, -0.2) is 4.79 Å². The molecule has 1 heterocycles. The standard InChI is InChI=1S/C14H15ClN2O2/c1-19-14(18)13-7-6-12(17-13)9-16-8-10-2-4-11(15)5-3-10/h2-7,16-17H,8-9H2,1H3. The second kappa shape index (κ2) is 6.41. The average Bonchev–Trinajstić information content (AvgIpc) is 2.89. The van der Waals surface area contributed by atoms with Gasteiger partial charge >= 0.3 is 5.97 Å². The number of H-pyrrole nitrogens is 1. The monoisotopic (exact) mass is 278 g/mol. The molecule has 19 heavy (non-hydrogen) atoms. The quantitative estimate of drug-likeness (QED) is 0.827. The van der Waals surface area contributed by atoms with Gasteiger partial charge < -0.3 is 15.0 Å². The summed E-state index contributed by atoms with van der Waals surface area (Å²) in [6.07, 6.45) is 0. The van der Waals surface area contributed by atoms with Gasteiger partial charge in [0, 0.05) is 23.8 Å². The van der Waals surface area contributed by atoms with E-state index in [-0.39, 0.29) is 5.97 Å². The minimum atomic E-state index is -0.357. The second-order valence-corrected chi connectivity index (χ2v) is 4.56. The van der Waals surface area contributed by atoms with Crippen molar-refractivity contribution < 1.29 is 9.53 Å². The average molecular weight is 279 g/mol. The zero-order valence-corrected chi connectivity index (χ0v) is 11.3. The highest BCUT2D eigenvalue weighted by Gasteiger charge is 2.07. The first-order valence-electron chi connectivity index (χ1n) is 5.90. The number of hydrogen-bond donors (Lipinski definition) is 2. The molecule has 5 heteroatoms. The third kappa shape index (κ3) is 3.84. The molecule has 0 aliphatic rings. The molecular formula is C14H15ClN2O2. The van der Waals surface area contributed by atoms with Crippen molar-refractivity contribution in [3.63, 3.8) is 0 Å². The van der Waals surface area contributed by atoms with Gasteiger partial charge in [-0.15, -0.1) is 0 Å². The number of rotatable bonds is 5. The summed E-state index contributed by atoms with van der Waals surface area (Å²) < 4.78 is 4.63. The Bertz CT molecular complexity index is 549. The smallest absolute Gasteiger partial charge is 0.354 e. The van der Waals surface area contributed by atoms with Crippen molar-refractivity contribution in [2.45, 2.75) is 13.1 Å². The molecule has 0 fully saturated rings. The largest absolute Gasteiger partial charge is 0.464 e. The van der Waals surface area contributed by atoms with Crippen LogP contribution in [0.2, 0.25) is 5.02 Å². The summed E-state index contributed by atoms with van der Waals surface area (Å²) in [5, 5.41) is 4.01. The van der Waals surface area contributed by atoms with Crippen LogP contribution in [0.25, 0.3) is 0 Å². The van der Waals surface area contributed by atoms with Crippen LogP contribution < -0.4 is 5.32 Å². The number of carbonyl (C=O) groups is 1. The Morgan fingerprint density at radius 1 is 1.21 bits per heavy atom. The normalized spacial score (nSPS) is 10.4. The van der Waals surface area contributed by atoms with Crippen LogP contribution in [0.4, 0.5) is 0 Å². The molecule has 4 nitrogen and oxygen atoms in total. The van der Waals surface area contributed by atoms with Gasteiger partial charge in [0.15, 0.2) is 0 Å². The summed E-state index contributed by atoms with van der Waals surface area (Å²) in [6.45, 7) is 1.39. The summed E-state index contributed by atoms with van der Waals surface area (Å²) in [4.78, 5) is 14.3. The molecule has 0 spiro atoms. The maximum Gasteiger partial charge on any atom is 0.354 e. The van der Waals surface area contributed by atoms with E-state index in [0.717, 1.165) is 22.8 Å². The second-order valence-electron chi connectivity index (χ2n) is 4.12. The van der Waals surface area contributed by atoms with Crippen LogP contribution in [-0.2, 0) is 17.8 Å². The Hall–Kier alpha value is -1.78. The lowest BCUT2D eigenvalue weighted by Crippen LogP contribution is -2.13. The number of benzene rings is 1. The molecule has 100 valence electrons. The van der Waals surface area contributed by atoms with Crippen LogP contribution >= 0.6 is 11.6 Å². The number of hydrogen-bond acceptors (Lipinski definition) is 3. The Labute approximate surface area is 116 Å². The van der Waals surface area contributed by atoms with E-state index in [1.165, 1.54) is 7.11 Å². The Balaban J connectivity index is 1.84. The molecule has 1 aromatic carbocycles. The van der Waals surface area contributed by atoms with Gasteiger partial charge in [0.1, 0.15) is 5.69 Å². The van der Waals surface area contributed by atoms with E-state index >= 15 is 0 Å². The van der Waals surface area contributed by atoms with Gasteiger partial charge in [0.2, 0.25) is 0 Å². The summed E-state index contributed by atoms with van der Waals surface area (Å²) >= 11 is 5.82. The van der Waals surface area contributed by atoms with Crippen molar-refractivity contribution in [2.75, 3.05) is 7.11 Å². The molecule has 0 aliphatic carbocycles. The lowest BCUT2D eigenvalue weighted by molar-refractivity contribution is 0.0594. The molecule has 0 unspecified atom stereocenters. The van der Waals surface area contributed by atoms with Crippen LogP contribution in [-0.4, -0.2) is 18.1 Å². The van der Waals surface area contributed by atoms with E-state index in [2.05, 4.69) is 15.0 Å². The predicted octanol–water partition coefficient (Wildman–Crippen LogP) is 2.74. The Morgan fingerprint density at radius 2 is 1.95 bits per heavy atom. The maximum atomic E-state index is 11.3. The zero-order chi connectivity index (χ0) is 13.7. The number of aromatic nitrogens is 1. The predicted molar refractivity (Wildman–Crippen MR) is 74.1 cm³/mol. The molecule has 0 bridgehead atoms. The molecule has 2 rings (SSSR count). The number of methoxy groups -OCH3 is 1. The molecule has 1 aromatic heterocycles. The molecule has 0 saturated carbocycles. The maximum absolute atomic E-state index is 11.3. The summed E-state index contributed by atoms with van der Waals surface area (Å²) in [5.74, 6) is -0.357. The topological polar surface area (TPSA) is 54.1 Å². The van der Waals surface area contributed by atoms with Crippen molar-refractivity contribution in [1.82, 2.24) is 10.3 Å². The van der Waals surface area contributed by atoms with E-state index in [1.807, 2.05) is 30.3 Å². The fourth-order valence-electron chi connectivity index (χ4n) is 1.72. The summed E-state index contributed by atoms with van der Waals surface area (Å²) in [7, 11) is 1.36. The number of ether oxygens (including phenoxy) is 1. The van der Waals surface area contributed by atoms with Crippen molar-refractivity contribution in [2.24, 2.45) is 0 Å². The molecule has 0 atom stereocenters. The van der Waals surface area contributed by atoms with Crippen LogP contribution in [0.15, 0.2) is 36.4 Å². The minimum Gasteiger partial charge on any atom is -0.464 e. The molecule has 0 saturated heterocycles. The van der Waals surface area contributed by atoms with E-state index < -0.39 is 0 Å². The number of halogens is 1. The minimum absolute atomic E-state index is 0.357. The highest BCUT2D eigenvalue weighted by molar-refractivity contribution is 6.30. The Kier molecular flexibility index (Phi) is 4.60. The van der Waals surface area contributed by atoms with Crippen LogP contribution in [0, 0.1) is 0 Å². The molecule has 0 amide bonds. The third-order valence-corrected chi connectivity index (χ3v) is 2.96. The number of nitrogens with one attached hydrogen (secondary N) is 2. The van der Waals surface area contributed by atoms with Gasteiger partial charge in [-0.2, -0.15) is 0 Å². The van der Waals surface area contributed by atoms with Crippen LogP contribution in [0.1, 0.15) is 21.7 Å². The highest BCUT2D eigenvalue weighted by atomic mass is 35.5. The van der Waals surface area contributed by atoms with Crippen LogP contribution in [0.3, 0.4) is 0 Å². The van der Waals surface area contributed by atoms with Crippen molar-refractivity contribution in [3.8, 4) is 0 Å². The van der Waals surface area contributed by atoms with E-state index in [0.29, 0.717) is 12.2 Å². The third-order valence-electron chi connectivity index (χ3n) is 2.71. The molecule has 2 N–H and O–H groups in total. The van der Waals surface area contributed by atoms with E-state index in [9.17, 15) is 4.79 Å². The molecule has 0 radical (unpaired) electrons. The summed E-state index contributed by atoms with van der Waals surface area (Å²) in [6, 6.07) is 11.3. The van der Waals surface area contributed by atoms with Crippen molar-refractivity contribution in [1.29, 1.82) is 0 Å². The number of esters is 1. The zero-order valence-electron chi connectivity index (χ0n) is 10.6. The number of aromatic amines is 1. The first kappa shape index (κ1) is 13.6. The van der Waals surface area contributed by atoms with Gasteiger partial charge in [-0.05, 0) is 29.8 Å². The summed E-state index contributed by atoms with van der Waals surface area (Å²) in [5.41, 5.74) is 2.56. The van der Waals surface area contributed by atoms with Gasteiger partial charge in [0.25, 0.3) is 0 Å². The van der Waals surface area contributed by atoms with E-state index in [1.54, 1.807) is 6.07 Å². The van der Waals surface area contributed by atoms with Crippen LogP contribution in [0.5, 0.6) is 0 Å². The van der Waals surface area contributed by atoms with Gasteiger partial charge in [-0.1, -0.05) is 23.7 Å². The van der Waals surface area contributed by atoms with E-state index in [4.69, 9.17) is 11.6 Å². The van der Waals surface area contributed by atoms with Gasteiger partial charge in [-0.3, -0.25) is 0 Å². The fraction of sp³-hybridized carbons (Fsp3) is 0.214. The first-order valence-corrected chi connectivity index (χ1v) is 6.28. The van der Waals surface area contributed by atoms with Gasteiger partial charge in [0.05, 0.1) is 7.11 Å². The fourth-order valence-corrected chi connectivity index (χ4v) is 1.84. The Morgan fingerprint density at radius 3 is 2.63 bits per heavy atom. The molecule has 2 aromatic rings. The van der Waals surface area contributed by atoms with Crippen molar-refractivity contribution >= 4 is 17.6 Å². The first-order chi connectivity index (χ1) is 9.19. The molecular weight excluding hydrogens is 264 g/mol.